The van der Waals surface area contributed by atoms with E-state index in [1.807, 2.05) is 6.07 Å². The molecule has 1 aliphatic heterocycles. The molecule has 0 spiro atoms. The first kappa shape index (κ1) is 22.9. The fourth-order valence-electron chi connectivity index (χ4n) is 4.00. The smallest absolute Gasteiger partial charge is 0.303 e. The van der Waals surface area contributed by atoms with Gasteiger partial charge in [-0.1, -0.05) is 17.7 Å². The molecule has 0 aliphatic carbocycles. The number of nitrogens with zero attached hydrogens (tertiary/aromatic N) is 1. The molecular weight excluding hydrogens is 425 g/mol. The molecule has 1 aliphatic rings. The Morgan fingerprint density at radius 3 is 2.39 bits per heavy atom. The molecule has 0 radical (unpaired) electrons. The lowest BCUT2D eigenvalue weighted by Crippen LogP contribution is -2.51. The second-order valence-electron chi connectivity index (χ2n) is 7.80. The Morgan fingerprint density at radius 1 is 1.16 bits per heavy atom. The summed E-state index contributed by atoms with van der Waals surface area (Å²) in [7, 11) is 3.04. The quantitative estimate of drug-likeness (QED) is 0.636. The predicted octanol–water partition coefficient (Wildman–Crippen LogP) is 4.31. The zero-order valence-corrected chi connectivity index (χ0v) is 18.9. The van der Waals surface area contributed by atoms with E-state index in [-0.39, 0.29) is 17.1 Å². The molecule has 0 bridgehead atoms. The zero-order valence-electron chi connectivity index (χ0n) is 18.1. The fourth-order valence-corrected chi connectivity index (χ4v) is 4.26. The molecule has 31 heavy (non-hydrogen) atoms. The van der Waals surface area contributed by atoms with Crippen LogP contribution in [0, 0.1) is 5.82 Å². The van der Waals surface area contributed by atoms with Crippen LogP contribution >= 0.6 is 11.6 Å². The normalized spacial score (nSPS) is 15.8. The molecule has 1 amide bonds. The number of carbonyl (C=O) groups excluding carboxylic acids is 2. The van der Waals surface area contributed by atoms with Gasteiger partial charge >= 0.3 is 5.97 Å². The highest BCUT2D eigenvalue weighted by molar-refractivity contribution is 6.31. The Bertz CT molecular complexity index is 1000. The third-order valence-electron chi connectivity index (χ3n) is 5.32. The lowest BCUT2D eigenvalue weighted by atomic mass is 9.86. The fraction of sp³-hybridized carbons (Fsp3) is 0.391. The molecule has 166 valence electrons. The number of rotatable bonds is 5. The second-order valence-corrected chi connectivity index (χ2v) is 8.20. The van der Waals surface area contributed by atoms with Gasteiger partial charge in [0, 0.05) is 24.1 Å². The number of hydrogen-bond acceptors (Lipinski definition) is 5. The number of methoxy groups -OCH3 is 2. The summed E-state index contributed by atoms with van der Waals surface area (Å²) in [6, 6.07) is 7.12. The van der Waals surface area contributed by atoms with Gasteiger partial charge < -0.3 is 19.1 Å². The first-order valence-electron chi connectivity index (χ1n) is 9.80. The monoisotopic (exact) mass is 449 g/mol. The molecule has 0 fully saturated rings. The highest BCUT2D eigenvalue weighted by Crippen LogP contribution is 2.44. The maximum Gasteiger partial charge on any atom is 0.303 e. The average Bonchev–Trinajstić information content (AvgIpc) is 2.71. The van der Waals surface area contributed by atoms with Crippen LogP contribution in [-0.2, 0) is 20.7 Å². The topological polar surface area (TPSA) is 65.1 Å². The number of carbonyl (C=O) groups is 2. The Morgan fingerprint density at radius 2 is 1.81 bits per heavy atom. The lowest BCUT2D eigenvalue weighted by Gasteiger charge is -2.41. The Hall–Kier alpha value is -2.80. The maximum absolute atomic E-state index is 15.0. The van der Waals surface area contributed by atoms with Crippen LogP contribution < -0.4 is 9.47 Å². The number of ether oxygens (including phenoxy) is 3. The first-order valence-corrected chi connectivity index (χ1v) is 10.2. The van der Waals surface area contributed by atoms with Crippen molar-refractivity contribution >= 4 is 23.5 Å². The third kappa shape index (κ3) is 4.32. The predicted molar refractivity (Wildman–Crippen MR) is 114 cm³/mol. The van der Waals surface area contributed by atoms with E-state index in [1.165, 1.54) is 52.0 Å². The van der Waals surface area contributed by atoms with Gasteiger partial charge in [0.1, 0.15) is 5.82 Å². The van der Waals surface area contributed by atoms with Crippen LogP contribution in [0.4, 0.5) is 4.39 Å². The molecule has 0 N–H and O–H groups in total. The number of halogens is 2. The molecule has 1 atom stereocenters. The van der Waals surface area contributed by atoms with Crippen molar-refractivity contribution in [2.75, 3.05) is 20.8 Å². The largest absolute Gasteiger partial charge is 0.493 e. The van der Waals surface area contributed by atoms with Gasteiger partial charge in [-0.3, -0.25) is 9.59 Å². The minimum atomic E-state index is -1.43. The molecule has 1 heterocycles. The van der Waals surface area contributed by atoms with Crippen LogP contribution in [0.15, 0.2) is 30.3 Å². The van der Waals surface area contributed by atoms with Gasteiger partial charge in [-0.05, 0) is 55.7 Å². The zero-order chi connectivity index (χ0) is 22.9. The summed E-state index contributed by atoms with van der Waals surface area (Å²) in [5.74, 6) is -0.578. The second kappa shape index (κ2) is 8.75. The van der Waals surface area contributed by atoms with Gasteiger partial charge in [-0.25, -0.2) is 4.39 Å². The van der Waals surface area contributed by atoms with Crippen molar-refractivity contribution in [3.05, 3.63) is 57.9 Å². The summed E-state index contributed by atoms with van der Waals surface area (Å²) in [5, 5.41) is 0.190. The van der Waals surface area contributed by atoms with E-state index < -0.39 is 29.3 Å². The minimum Gasteiger partial charge on any atom is -0.493 e. The summed E-state index contributed by atoms with van der Waals surface area (Å²) >= 11 is 6.41. The summed E-state index contributed by atoms with van der Waals surface area (Å²) in [5.41, 5.74) is 0.291. The van der Waals surface area contributed by atoms with Gasteiger partial charge in [0.2, 0.25) is 0 Å². The van der Waals surface area contributed by atoms with Crippen molar-refractivity contribution in [2.24, 2.45) is 0 Å². The van der Waals surface area contributed by atoms with Gasteiger partial charge in [0.15, 0.2) is 17.1 Å². The number of amides is 1. The van der Waals surface area contributed by atoms with E-state index in [0.29, 0.717) is 23.5 Å². The Kier molecular flexibility index (Phi) is 6.46. The molecule has 2 aromatic carbocycles. The standard InChI is InChI=1S/C23H25ClFNO5/c1-13(27)31-23(2,3)22(28)26-10-9-14-11-18(29-4)19(30-5)12-15(14)21(26)20-16(24)7-6-8-17(20)25/h6-8,11-12,21H,9-10H2,1-5H3. The van der Waals surface area contributed by atoms with Crippen LogP contribution in [0.1, 0.15) is 43.5 Å². The van der Waals surface area contributed by atoms with E-state index in [9.17, 15) is 9.59 Å². The highest BCUT2D eigenvalue weighted by Gasteiger charge is 2.43. The molecule has 1 unspecified atom stereocenters. The molecule has 0 saturated carbocycles. The van der Waals surface area contributed by atoms with E-state index in [0.717, 1.165) is 5.56 Å². The van der Waals surface area contributed by atoms with Crippen molar-refractivity contribution in [2.45, 2.75) is 38.8 Å². The van der Waals surface area contributed by atoms with Crippen molar-refractivity contribution in [3.8, 4) is 11.5 Å². The molecule has 0 aromatic heterocycles. The van der Waals surface area contributed by atoms with Gasteiger partial charge in [-0.2, -0.15) is 0 Å². The third-order valence-corrected chi connectivity index (χ3v) is 5.65. The number of esters is 1. The van der Waals surface area contributed by atoms with E-state index in [1.54, 1.807) is 12.1 Å². The van der Waals surface area contributed by atoms with Gasteiger partial charge in [0.05, 0.1) is 20.3 Å². The summed E-state index contributed by atoms with van der Waals surface area (Å²) in [6.07, 6.45) is 0.500. The van der Waals surface area contributed by atoms with Crippen LogP contribution in [0.2, 0.25) is 5.02 Å². The summed E-state index contributed by atoms with van der Waals surface area (Å²) in [6.45, 7) is 4.55. The summed E-state index contributed by atoms with van der Waals surface area (Å²) in [4.78, 5) is 26.5. The Balaban J connectivity index is 2.22. The van der Waals surface area contributed by atoms with Crippen LogP contribution in [-0.4, -0.2) is 43.1 Å². The highest BCUT2D eigenvalue weighted by atomic mass is 35.5. The van der Waals surface area contributed by atoms with E-state index >= 15 is 4.39 Å². The maximum atomic E-state index is 15.0. The molecule has 0 saturated heterocycles. The number of hydrogen-bond donors (Lipinski definition) is 0. The van der Waals surface area contributed by atoms with E-state index in [4.69, 9.17) is 25.8 Å². The van der Waals surface area contributed by atoms with Crippen molar-refractivity contribution < 1.29 is 28.2 Å². The molecule has 6 nitrogen and oxygen atoms in total. The molecule has 2 aromatic rings. The summed E-state index contributed by atoms with van der Waals surface area (Å²) < 4.78 is 31.1. The van der Waals surface area contributed by atoms with Gasteiger partial charge in [-0.15, -0.1) is 0 Å². The molecule has 3 rings (SSSR count). The van der Waals surface area contributed by atoms with Crippen molar-refractivity contribution in [1.29, 1.82) is 0 Å². The van der Waals surface area contributed by atoms with Crippen LogP contribution in [0.5, 0.6) is 11.5 Å². The van der Waals surface area contributed by atoms with Crippen LogP contribution in [0.25, 0.3) is 0 Å². The van der Waals surface area contributed by atoms with E-state index in [2.05, 4.69) is 0 Å². The number of benzene rings is 2. The van der Waals surface area contributed by atoms with Crippen molar-refractivity contribution in [1.82, 2.24) is 4.90 Å². The average molecular weight is 450 g/mol. The number of fused-ring (bicyclic) bond motifs is 1. The first-order chi connectivity index (χ1) is 14.6. The SMILES string of the molecule is COc1cc2c(cc1OC)C(c1c(F)cccc1Cl)N(C(=O)C(C)(C)OC(C)=O)CC2. The minimum absolute atomic E-state index is 0.171. The van der Waals surface area contributed by atoms with Crippen molar-refractivity contribution in [3.63, 3.8) is 0 Å². The van der Waals surface area contributed by atoms with Gasteiger partial charge in [0.25, 0.3) is 5.91 Å². The molecule has 8 heteroatoms. The molecular formula is C23H25ClFNO5. The lowest BCUT2D eigenvalue weighted by molar-refractivity contribution is -0.169. The van der Waals surface area contributed by atoms with Crippen LogP contribution in [0.3, 0.4) is 0 Å². The Labute approximate surface area is 185 Å².